The Hall–Kier alpha value is -1.90. The summed E-state index contributed by atoms with van der Waals surface area (Å²) in [6.45, 7) is 9.30. The number of nitrogens with zero attached hydrogens (tertiary/aromatic N) is 4. The van der Waals surface area contributed by atoms with Crippen molar-refractivity contribution in [3.63, 3.8) is 0 Å². The number of aryl methyl sites for hydroxylation is 1. The number of hydrogen-bond acceptors (Lipinski definition) is 5. The van der Waals surface area contributed by atoms with Gasteiger partial charge < -0.3 is 0 Å². The zero-order valence-corrected chi connectivity index (χ0v) is 12.9. The number of sulfonamides is 1. The number of anilines is 1. The second kappa shape index (κ2) is 4.58. The molecule has 0 bridgehead atoms. The second-order valence-electron chi connectivity index (χ2n) is 5.52. The van der Waals surface area contributed by atoms with E-state index in [0.717, 1.165) is 0 Å². The number of hydrogen-bond donors (Lipinski definition) is 2. The molecular weight excluding hydrogens is 280 g/mol. The molecule has 0 radical (unpaired) electrons. The molecule has 9 heteroatoms. The molecule has 2 aromatic rings. The normalized spacial score (nSPS) is 12.7. The van der Waals surface area contributed by atoms with E-state index >= 15 is 0 Å². The van der Waals surface area contributed by atoms with Crippen LogP contribution in [0.3, 0.4) is 0 Å². The summed E-state index contributed by atoms with van der Waals surface area (Å²) < 4.78 is 28.9. The van der Waals surface area contributed by atoms with Crippen molar-refractivity contribution in [2.75, 3.05) is 4.72 Å². The number of aromatic amines is 1. The van der Waals surface area contributed by atoms with Crippen molar-refractivity contribution in [2.24, 2.45) is 0 Å². The van der Waals surface area contributed by atoms with Gasteiger partial charge in [-0.05, 0) is 34.6 Å². The minimum Gasteiger partial charge on any atom is -0.263 e. The van der Waals surface area contributed by atoms with Crippen LogP contribution in [0.4, 0.5) is 5.95 Å². The van der Waals surface area contributed by atoms with Crippen molar-refractivity contribution in [1.29, 1.82) is 0 Å². The Balaban J connectivity index is 2.50. The summed E-state index contributed by atoms with van der Waals surface area (Å²) in [6.07, 6.45) is 1.23. The molecule has 0 aliphatic heterocycles. The van der Waals surface area contributed by atoms with Crippen LogP contribution in [-0.4, -0.2) is 33.4 Å². The molecular formula is C11H18N6O2S. The van der Waals surface area contributed by atoms with Crippen molar-refractivity contribution >= 4 is 16.0 Å². The van der Waals surface area contributed by atoms with Gasteiger partial charge in [0.1, 0.15) is 11.2 Å². The molecule has 8 nitrogen and oxygen atoms in total. The quantitative estimate of drug-likeness (QED) is 0.885. The van der Waals surface area contributed by atoms with Gasteiger partial charge in [-0.25, -0.2) is 18.2 Å². The molecule has 0 aliphatic rings. The fraction of sp³-hybridized carbons (Fsp3) is 0.545. The van der Waals surface area contributed by atoms with Crippen molar-refractivity contribution in [2.45, 2.75) is 45.1 Å². The van der Waals surface area contributed by atoms with Gasteiger partial charge in [0.25, 0.3) is 10.0 Å². The predicted octanol–water partition coefficient (Wildman–Crippen LogP) is 1.17. The molecule has 0 saturated carbocycles. The van der Waals surface area contributed by atoms with Gasteiger partial charge in [0.2, 0.25) is 5.95 Å². The summed E-state index contributed by atoms with van der Waals surface area (Å²) >= 11 is 0. The first kappa shape index (κ1) is 14.5. The van der Waals surface area contributed by atoms with Crippen molar-refractivity contribution in [1.82, 2.24) is 25.0 Å². The Kier molecular flexibility index (Phi) is 3.32. The maximum absolute atomic E-state index is 12.4. The standard InChI is InChI=1S/C11H18N6O2S/c1-7-9(8(2)17(15-7)11(3,4)5)20(18,19)16-10-12-6-13-14-10/h6H,1-5H3,(H2,12,13,14,16). The van der Waals surface area contributed by atoms with Gasteiger partial charge >= 0.3 is 0 Å². The molecule has 2 heterocycles. The van der Waals surface area contributed by atoms with E-state index < -0.39 is 10.0 Å². The fourth-order valence-electron chi connectivity index (χ4n) is 2.10. The minimum atomic E-state index is -3.75. The van der Waals surface area contributed by atoms with Crippen molar-refractivity contribution in [3.05, 3.63) is 17.7 Å². The molecule has 110 valence electrons. The van der Waals surface area contributed by atoms with E-state index in [4.69, 9.17) is 0 Å². The molecule has 2 aromatic heterocycles. The summed E-state index contributed by atoms with van der Waals surface area (Å²) in [5.74, 6) is 0.0762. The Morgan fingerprint density at radius 3 is 2.40 bits per heavy atom. The third-order valence-corrected chi connectivity index (χ3v) is 4.37. The monoisotopic (exact) mass is 298 g/mol. The summed E-state index contributed by atoms with van der Waals surface area (Å²) in [5.41, 5.74) is 0.737. The molecule has 0 spiro atoms. The second-order valence-corrected chi connectivity index (χ2v) is 7.14. The highest BCUT2D eigenvalue weighted by atomic mass is 32.2. The van der Waals surface area contributed by atoms with Gasteiger partial charge in [0.15, 0.2) is 0 Å². The van der Waals surface area contributed by atoms with Gasteiger partial charge in [-0.2, -0.15) is 15.2 Å². The lowest BCUT2D eigenvalue weighted by molar-refractivity contribution is 0.345. The third-order valence-electron chi connectivity index (χ3n) is 2.78. The third kappa shape index (κ3) is 2.53. The van der Waals surface area contributed by atoms with Crippen LogP contribution < -0.4 is 4.72 Å². The van der Waals surface area contributed by atoms with Crippen LogP contribution in [0.15, 0.2) is 11.2 Å². The first-order valence-corrected chi connectivity index (χ1v) is 7.56. The topological polar surface area (TPSA) is 106 Å². The van der Waals surface area contributed by atoms with E-state index in [-0.39, 0.29) is 16.4 Å². The molecule has 0 aliphatic carbocycles. The van der Waals surface area contributed by atoms with Gasteiger partial charge in [0, 0.05) is 0 Å². The number of nitrogens with one attached hydrogen (secondary N) is 2. The number of rotatable bonds is 3. The molecule has 0 amide bonds. The lowest BCUT2D eigenvalue weighted by atomic mass is 10.1. The van der Waals surface area contributed by atoms with E-state index in [1.807, 2.05) is 20.8 Å². The van der Waals surface area contributed by atoms with E-state index in [0.29, 0.717) is 11.4 Å². The minimum absolute atomic E-state index is 0.0762. The smallest absolute Gasteiger partial charge is 0.263 e. The van der Waals surface area contributed by atoms with Crippen molar-refractivity contribution in [3.8, 4) is 0 Å². The molecule has 2 rings (SSSR count). The average Bonchev–Trinajstić information content (AvgIpc) is 2.85. The first-order chi connectivity index (χ1) is 9.13. The average molecular weight is 298 g/mol. The van der Waals surface area contributed by atoms with Crippen molar-refractivity contribution < 1.29 is 8.42 Å². The zero-order chi connectivity index (χ0) is 15.1. The summed E-state index contributed by atoms with van der Waals surface area (Å²) in [7, 11) is -3.75. The Labute approximate surface area is 117 Å². The summed E-state index contributed by atoms with van der Waals surface area (Å²) in [6, 6.07) is 0. The Morgan fingerprint density at radius 1 is 1.30 bits per heavy atom. The lowest BCUT2D eigenvalue weighted by Gasteiger charge is -2.21. The maximum atomic E-state index is 12.4. The van der Waals surface area contributed by atoms with Crippen LogP contribution in [0.2, 0.25) is 0 Å². The van der Waals surface area contributed by atoms with Crippen LogP contribution in [0.5, 0.6) is 0 Å². The molecule has 0 atom stereocenters. The fourth-order valence-corrected chi connectivity index (χ4v) is 3.46. The van der Waals surface area contributed by atoms with Gasteiger partial charge in [-0.15, -0.1) is 0 Å². The van der Waals surface area contributed by atoms with Crippen LogP contribution >= 0.6 is 0 Å². The van der Waals surface area contributed by atoms with E-state index in [9.17, 15) is 8.42 Å². The van der Waals surface area contributed by atoms with E-state index in [1.54, 1.807) is 18.5 Å². The maximum Gasteiger partial charge on any atom is 0.267 e. The summed E-state index contributed by atoms with van der Waals surface area (Å²) in [4.78, 5) is 3.93. The lowest BCUT2D eigenvalue weighted by Crippen LogP contribution is -2.25. The molecule has 20 heavy (non-hydrogen) atoms. The van der Waals surface area contributed by atoms with Gasteiger partial charge in [-0.1, -0.05) is 0 Å². The Morgan fingerprint density at radius 2 is 1.95 bits per heavy atom. The Bertz CT molecular complexity index is 709. The summed E-state index contributed by atoms with van der Waals surface area (Å²) in [5, 5.41) is 10.4. The molecule has 0 saturated heterocycles. The van der Waals surface area contributed by atoms with E-state index in [1.165, 1.54) is 6.33 Å². The first-order valence-electron chi connectivity index (χ1n) is 6.08. The van der Waals surface area contributed by atoms with Crippen LogP contribution in [-0.2, 0) is 15.6 Å². The van der Waals surface area contributed by atoms with Crippen LogP contribution in [0, 0.1) is 13.8 Å². The predicted molar refractivity (Wildman–Crippen MR) is 73.9 cm³/mol. The molecule has 0 unspecified atom stereocenters. The zero-order valence-electron chi connectivity index (χ0n) is 12.1. The number of H-pyrrole nitrogens is 1. The van der Waals surface area contributed by atoms with E-state index in [2.05, 4.69) is 25.0 Å². The number of aromatic nitrogens is 5. The van der Waals surface area contributed by atoms with Crippen LogP contribution in [0.1, 0.15) is 32.2 Å². The van der Waals surface area contributed by atoms with Crippen LogP contribution in [0.25, 0.3) is 0 Å². The highest BCUT2D eigenvalue weighted by molar-refractivity contribution is 7.92. The largest absolute Gasteiger partial charge is 0.267 e. The van der Waals surface area contributed by atoms with Gasteiger partial charge in [0.05, 0.1) is 16.9 Å². The molecule has 0 fully saturated rings. The SMILES string of the molecule is Cc1nn(C(C)(C)C)c(C)c1S(=O)(=O)Nc1ncn[nH]1. The van der Waals surface area contributed by atoms with Gasteiger partial charge in [-0.3, -0.25) is 4.68 Å². The molecule has 0 aromatic carbocycles. The highest BCUT2D eigenvalue weighted by Gasteiger charge is 2.28. The molecule has 2 N–H and O–H groups in total. The highest BCUT2D eigenvalue weighted by Crippen LogP contribution is 2.25.